The summed E-state index contributed by atoms with van der Waals surface area (Å²) in [7, 11) is 0. The molecule has 0 atom stereocenters. The summed E-state index contributed by atoms with van der Waals surface area (Å²) >= 11 is 0. The van der Waals surface area contributed by atoms with Gasteiger partial charge in [0, 0.05) is 6.54 Å². The van der Waals surface area contributed by atoms with Gasteiger partial charge in [0.05, 0.1) is 12.3 Å². The number of anilines is 1. The first-order chi connectivity index (χ1) is 8.42. The van der Waals surface area contributed by atoms with E-state index in [0.29, 0.717) is 5.41 Å². The fraction of sp³-hybridized carbons (Fsp3) is 0.625. The van der Waals surface area contributed by atoms with Crippen LogP contribution >= 0.6 is 0 Å². The SMILES string of the molecule is CCCOc1cc(C)ccc1NCCC(C)(C)C. The highest BCUT2D eigenvalue weighted by atomic mass is 16.5. The van der Waals surface area contributed by atoms with Gasteiger partial charge in [-0.1, -0.05) is 33.8 Å². The molecule has 2 heteroatoms. The van der Waals surface area contributed by atoms with E-state index in [1.807, 2.05) is 0 Å². The molecule has 0 bridgehead atoms. The Hall–Kier alpha value is -1.18. The van der Waals surface area contributed by atoms with Crippen LogP contribution in [0.1, 0.15) is 46.1 Å². The predicted octanol–water partition coefficient (Wildman–Crippen LogP) is 4.63. The molecule has 0 aliphatic rings. The van der Waals surface area contributed by atoms with Crippen LogP contribution in [0.4, 0.5) is 5.69 Å². The maximum absolute atomic E-state index is 5.79. The highest BCUT2D eigenvalue weighted by Crippen LogP contribution is 2.27. The molecule has 102 valence electrons. The third-order valence-electron chi connectivity index (χ3n) is 2.79. The van der Waals surface area contributed by atoms with Gasteiger partial charge < -0.3 is 10.1 Å². The predicted molar refractivity (Wildman–Crippen MR) is 79.5 cm³/mol. The Morgan fingerprint density at radius 2 is 1.94 bits per heavy atom. The summed E-state index contributed by atoms with van der Waals surface area (Å²) in [6.45, 7) is 12.8. The van der Waals surface area contributed by atoms with E-state index in [-0.39, 0.29) is 0 Å². The van der Waals surface area contributed by atoms with Crippen molar-refractivity contribution in [3.8, 4) is 5.75 Å². The average Bonchev–Trinajstić information content (AvgIpc) is 2.27. The largest absolute Gasteiger partial charge is 0.491 e. The quantitative estimate of drug-likeness (QED) is 0.793. The summed E-state index contributed by atoms with van der Waals surface area (Å²) in [6.07, 6.45) is 2.18. The van der Waals surface area contributed by atoms with E-state index in [9.17, 15) is 0 Å². The second kappa shape index (κ2) is 6.67. The lowest BCUT2D eigenvalue weighted by Gasteiger charge is -2.20. The molecule has 0 fully saturated rings. The molecule has 0 amide bonds. The zero-order chi connectivity index (χ0) is 13.6. The molecular formula is C16H27NO. The van der Waals surface area contributed by atoms with Crippen molar-refractivity contribution >= 4 is 5.69 Å². The molecule has 0 saturated carbocycles. The van der Waals surface area contributed by atoms with Gasteiger partial charge in [-0.05, 0) is 42.9 Å². The molecule has 0 unspecified atom stereocenters. The van der Waals surface area contributed by atoms with Crippen LogP contribution in [0.25, 0.3) is 0 Å². The molecule has 0 radical (unpaired) electrons. The van der Waals surface area contributed by atoms with Gasteiger partial charge in [0.1, 0.15) is 5.75 Å². The van der Waals surface area contributed by atoms with Gasteiger partial charge in [-0.3, -0.25) is 0 Å². The van der Waals surface area contributed by atoms with E-state index >= 15 is 0 Å². The first kappa shape index (κ1) is 14.9. The van der Waals surface area contributed by atoms with Crippen LogP contribution < -0.4 is 10.1 Å². The first-order valence-corrected chi connectivity index (χ1v) is 6.90. The van der Waals surface area contributed by atoms with Crippen molar-refractivity contribution in [2.45, 2.75) is 47.5 Å². The number of nitrogens with one attached hydrogen (secondary N) is 1. The van der Waals surface area contributed by atoms with Gasteiger partial charge in [-0.25, -0.2) is 0 Å². The Balaban J connectivity index is 2.63. The average molecular weight is 249 g/mol. The minimum absolute atomic E-state index is 0.363. The van der Waals surface area contributed by atoms with Crippen molar-refractivity contribution in [1.82, 2.24) is 0 Å². The van der Waals surface area contributed by atoms with Crippen LogP contribution in [-0.2, 0) is 0 Å². The second-order valence-corrected chi connectivity index (χ2v) is 6.09. The molecule has 1 N–H and O–H groups in total. The van der Waals surface area contributed by atoms with Crippen LogP contribution in [0.15, 0.2) is 18.2 Å². The molecule has 1 rings (SSSR count). The van der Waals surface area contributed by atoms with E-state index in [4.69, 9.17) is 4.74 Å². The number of hydrogen-bond donors (Lipinski definition) is 1. The third-order valence-corrected chi connectivity index (χ3v) is 2.79. The molecule has 0 aliphatic carbocycles. The van der Waals surface area contributed by atoms with E-state index < -0.39 is 0 Å². The molecule has 0 aliphatic heterocycles. The smallest absolute Gasteiger partial charge is 0.142 e. The monoisotopic (exact) mass is 249 g/mol. The Kier molecular flexibility index (Phi) is 5.52. The molecule has 0 heterocycles. The van der Waals surface area contributed by atoms with Crippen LogP contribution in [0, 0.1) is 12.3 Å². The van der Waals surface area contributed by atoms with Gasteiger partial charge in [0.15, 0.2) is 0 Å². The van der Waals surface area contributed by atoms with Crippen LogP contribution in [0.5, 0.6) is 5.75 Å². The van der Waals surface area contributed by atoms with Gasteiger partial charge >= 0.3 is 0 Å². The van der Waals surface area contributed by atoms with E-state index in [2.05, 4.69) is 58.1 Å². The number of benzene rings is 1. The molecule has 0 spiro atoms. The minimum Gasteiger partial charge on any atom is -0.491 e. The lowest BCUT2D eigenvalue weighted by Crippen LogP contribution is -2.13. The molecule has 1 aromatic rings. The molecule has 0 aromatic heterocycles. The Bertz CT molecular complexity index is 366. The summed E-state index contributed by atoms with van der Waals surface area (Å²) in [5.41, 5.74) is 2.71. The van der Waals surface area contributed by atoms with Gasteiger partial charge in [-0.2, -0.15) is 0 Å². The summed E-state index contributed by atoms with van der Waals surface area (Å²) in [5.74, 6) is 0.978. The van der Waals surface area contributed by atoms with E-state index in [1.54, 1.807) is 0 Å². The van der Waals surface area contributed by atoms with Crippen molar-refractivity contribution in [2.24, 2.45) is 5.41 Å². The highest BCUT2D eigenvalue weighted by molar-refractivity contribution is 5.57. The van der Waals surface area contributed by atoms with Gasteiger partial charge in [0.25, 0.3) is 0 Å². The zero-order valence-electron chi connectivity index (χ0n) is 12.5. The fourth-order valence-corrected chi connectivity index (χ4v) is 1.68. The summed E-state index contributed by atoms with van der Waals surface area (Å²) in [6, 6.07) is 6.34. The topological polar surface area (TPSA) is 21.3 Å². The van der Waals surface area contributed by atoms with Gasteiger partial charge in [-0.15, -0.1) is 0 Å². The molecule has 2 nitrogen and oxygen atoms in total. The fourth-order valence-electron chi connectivity index (χ4n) is 1.68. The molecular weight excluding hydrogens is 222 g/mol. The van der Waals surface area contributed by atoms with Crippen LogP contribution in [-0.4, -0.2) is 13.2 Å². The molecule has 1 aromatic carbocycles. The van der Waals surface area contributed by atoms with E-state index in [0.717, 1.165) is 37.4 Å². The maximum Gasteiger partial charge on any atom is 0.142 e. The lowest BCUT2D eigenvalue weighted by molar-refractivity contribution is 0.318. The number of hydrogen-bond acceptors (Lipinski definition) is 2. The first-order valence-electron chi connectivity index (χ1n) is 6.90. The number of aryl methyl sites for hydroxylation is 1. The maximum atomic E-state index is 5.79. The van der Waals surface area contributed by atoms with Crippen molar-refractivity contribution < 1.29 is 4.74 Å². The second-order valence-electron chi connectivity index (χ2n) is 6.09. The number of rotatable bonds is 6. The molecule has 0 saturated heterocycles. The summed E-state index contributed by atoms with van der Waals surface area (Å²) in [5, 5.41) is 3.48. The number of ether oxygens (including phenoxy) is 1. The van der Waals surface area contributed by atoms with Crippen molar-refractivity contribution in [3.05, 3.63) is 23.8 Å². The Morgan fingerprint density at radius 3 is 2.56 bits per heavy atom. The van der Waals surface area contributed by atoms with Crippen molar-refractivity contribution in [3.63, 3.8) is 0 Å². The highest BCUT2D eigenvalue weighted by Gasteiger charge is 2.10. The summed E-state index contributed by atoms with van der Waals surface area (Å²) < 4.78 is 5.79. The summed E-state index contributed by atoms with van der Waals surface area (Å²) in [4.78, 5) is 0. The minimum atomic E-state index is 0.363. The normalized spacial score (nSPS) is 11.4. The van der Waals surface area contributed by atoms with Crippen LogP contribution in [0.2, 0.25) is 0 Å². The lowest BCUT2D eigenvalue weighted by atomic mass is 9.92. The van der Waals surface area contributed by atoms with Crippen molar-refractivity contribution in [2.75, 3.05) is 18.5 Å². The Labute approximate surface area is 112 Å². The zero-order valence-corrected chi connectivity index (χ0v) is 12.5. The van der Waals surface area contributed by atoms with Gasteiger partial charge in [0.2, 0.25) is 0 Å². The van der Waals surface area contributed by atoms with Crippen molar-refractivity contribution in [1.29, 1.82) is 0 Å². The third kappa shape index (κ3) is 5.44. The van der Waals surface area contributed by atoms with Crippen LogP contribution in [0.3, 0.4) is 0 Å². The standard InChI is InChI=1S/C16H27NO/c1-6-11-18-15-12-13(2)7-8-14(15)17-10-9-16(3,4)5/h7-8,12,17H,6,9-11H2,1-5H3. The Morgan fingerprint density at radius 1 is 1.22 bits per heavy atom. The van der Waals surface area contributed by atoms with E-state index in [1.165, 1.54) is 5.56 Å². The molecule has 18 heavy (non-hydrogen) atoms.